The lowest BCUT2D eigenvalue weighted by atomic mass is 10.1. The van der Waals surface area contributed by atoms with Crippen molar-refractivity contribution in [3.8, 4) is 0 Å². The first-order chi connectivity index (χ1) is 28.1. The molecule has 0 fully saturated rings. The summed E-state index contributed by atoms with van der Waals surface area (Å²) in [4.78, 5) is 36.9. The molecular weight excluding hydrogens is 727 g/mol. The van der Waals surface area contributed by atoms with E-state index in [2.05, 4.69) is 86.8 Å². The normalized spacial score (nSPS) is 13.6. The predicted octanol–water partition coefficient (Wildman–Crippen LogP) is 11.4. The Morgan fingerprint density at radius 3 is 1.45 bits per heavy atom. The highest BCUT2D eigenvalue weighted by atomic mass is 16.6. The van der Waals surface area contributed by atoms with Gasteiger partial charge in [0.25, 0.3) is 0 Å². The molecule has 0 spiro atoms. The number of likely N-dealkylation sites (N-methyl/N-ethyl adjacent to an activating group) is 1. The molecule has 0 amide bonds. The van der Waals surface area contributed by atoms with E-state index in [0.29, 0.717) is 12.8 Å². The number of hydrogen-bond acceptors (Lipinski definition) is 7. The van der Waals surface area contributed by atoms with E-state index in [-0.39, 0.29) is 42.7 Å². The zero-order chi connectivity index (χ0) is 42.8. The van der Waals surface area contributed by atoms with Crippen molar-refractivity contribution >= 4 is 17.9 Å². The smallest absolute Gasteiger partial charge is 0.306 e. The molecule has 0 saturated carbocycles. The number of esters is 2. The maximum absolute atomic E-state index is 12.7. The third-order valence-electron chi connectivity index (χ3n) is 9.83. The Morgan fingerprint density at radius 1 is 0.534 bits per heavy atom. The van der Waals surface area contributed by atoms with Gasteiger partial charge >= 0.3 is 11.9 Å². The molecule has 332 valence electrons. The van der Waals surface area contributed by atoms with Crippen LogP contribution in [0.3, 0.4) is 0 Å². The summed E-state index contributed by atoms with van der Waals surface area (Å²) < 4.78 is 17.1. The van der Waals surface area contributed by atoms with Gasteiger partial charge in [0.2, 0.25) is 0 Å². The third-order valence-corrected chi connectivity index (χ3v) is 9.83. The number of carboxylic acids is 1. The monoisotopic (exact) mass is 812 g/mol. The van der Waals surface area contributed by atoms with Gasteiger partial charge in [-0.2, -0.15) is 0 Å². The number of unbranched alkanes of at least 4 members (excludes halogenated alkanes) is 14. The van der Waals surface area contributed by atoms with Crippen molar-refractivity contribution in [3.05, 3.63) is 72.9 Å². The van der Waals surface area contributed by atoms with Crippen LogP contribution in [0.15, 0.2) is 72.9 Å². The van der Waals surface area contributed by atoms with Gasteiger partial charge in [-0.05, 0) is 83.5 Å². The van der Waals surface area contributed by atoms with Crippen LogP contribution in [0.25, 0.3) is 0 Å². The Bertz CT molecular complexity index is 1180. The molecule has 0 aliphatic heterocycles. The van der Waals surface area contributed by atoms with E-state index in [1.165, 1.54) is 44.9 Å². The second-order valence-electron chi connectivity index (χ2n) is 16.3. The minimum absolute atomic E-state index is 0.0286. The summed E-state index contributed by atoms with van der Waals surface area (Å²) in [6.07, 6.45) is 50.7. The fraction of sp³-hybridized carbons (Fsp3) is 0.700. The topological polar surface area (TPSA) is 102 Å². The van der Waals surface area contributed by atoms with E-state index < -0.39 is 18.1 Å². The quantitative estimate of drug-likeness (QED) is 0.0263. The summed E-state index contributed by atoms with van der Waals surface area (Å²) in [7, 11) is 5.39. The van der Waals surface area contributed by atoms with Crippen molar-refractivity contribution in [2.24, 2.45) is 0 Å². The van der Waals surface area contributed by atoms with Gasteiger partial charge in [0.1, 0.15) is 12.6 Å². The molecule has 0 saturated heterocycles. The summed E-state index contributed by atoms with van der Waals surface area (Å²) >= 11 is 0. The molecule has 0 aromatic carbocycles. The highest BCUT2D eigenvalue weighted by Gasteiger charge is 2.25. The zero-order valence-electron chi connectivity index (χ0n) is 37.7. The lowest BCUT2D eigenvalue weighted by Gasteiger charge is -2.34. The Kier molecular flexibility index (Phi) is 38.3. The van der Waals surface area contributed by atoms with Gasteiger partial charge in [-0.1, -0.05) is 145 Å². The Balaban J connectivity index is 4.34. The van der Waals surface area contributed by atoms with Crippen LogP contribution < -0.4 is 5.11 Å². The van der Waals surface area contributed by atoms with Crippen LogP contribution in [0.1, 0.15) is 174 Å². The predicted molar refractivity (Wildman–Crippen MR) is 240 cm³/mol. The third kappa shape index (κ3) is 38.3. The summed E-state index contributed by atoms with van der Waals surface area (Å²) in [6, 6.07) is -0.732. The SMILES string of the molecule is CC/C=C/C/C=C/C/C=C/C/C=C/C/C=C/CCCCCCCCC(=O)OC(COCCC(C(=O)[O-])[N+](C)(C)C)COC(=O)CCCCCCC/C=C/CCCCC. The van der Waals surface area contributed by atoms with Crippen molar-refractivity contribution in [1.29, 1.82) is 0 Å². The zero-order valence-corrected chi connectivity index (χ0v) is 37.7. The number of carbonyl (C=O) groups excluding carboxylic acids is 3. The molecule has 0 bridgehead atoms. The summed E-state index contributed by atoms with van der Waals surface area (Å²) in [6.45, 7) is 4.49. The lowest BCUT2D eigenvalue weighted by molar-refractivity contribution is -0.889. The van der Waals surface area contributed by atoms with E-state index >= 15 is 0 Å². The molecule has 8 nitrogen and oxygen atoms in total. The van der Waals surface area contributed by atoms with Crippen LogP contribution in [-0.2, 0) is 28.6 Å². The second-order valence-corrected chi connectivity index (χ2v) is 16.3. The van der Waals surface area contributed by atoms with Crippen LogP contribution in [0.2, 0.25) is 0 Å². The Labute approximate surface area is 355 Å². The van der Waals surface area contributed by atoms with Crippen LogP contribution in [0.5, 0.6) is 0 Å². The van der Waals surface area contributed by atoms with Gasteiger partial charge in [-0.25, -0.2) is 0 Å². The van der Waals surface area contributed by atoms with Gasteiger partial charge < -0.3 is 28.6 Å². The molecule has 58 heavy (non-hydrogen) atoms. The molecule has 2 unspecified atom stereocenters. The number of rotatable bonds is 40. The van der Waals surface area contributed by atoms with Crippen molar-refractivity contribution in [3.63, 3.8) is 0 Å². The number of nitrogens with zero attached hydrogens (tertiary/aromatic N) is 1. The minimum Gasteiger partial charge on any atom is -0.544 e. The maximum Gasteiger partial charge on any atom is 0.306 e. The number of hydrogen-bond donors (Lipinski definition) is 0. The van der Waals surface area contributed by atoms with Gasteiger partial charge in [0, 0.05) is 19.3 Å². The fourth-order valence-corrected chi connectivity index (χ4v) is 6.27. The fourth-order valence-electron chi connectivity index (χ4n) is 6.27. The highest BCUT2D eigenvalue weighted by Crippen LogP contribution is 2.13. The largest absolute Gasteiger partial charge is 0.544 e. The molecule has 0 radical (unpaired) electrons. The number of ether oxygens (including phenoxy) is 3. The van der Waals surface area contributed by atoms with E-state index in [1.807, 2.05) is 0 Å². The molecule has 0 aromatic heterocycles. The average Bonchev–Trinajstić information content (AvgIpc) is 3.18. The van der Waals surface area contributed by atoms with Gasteiger partial charge in [0.05, 0.1) is 40.3 Å². The molecule has 0 aliphatic carbocycles. The summed E-state index contributed by atoms with van der Waals surface area (Å²) in [5, 5.41) is 11.6. The first-order valence-electron chi connectivity index (χ1n) is 23.0. The average molecular weight is 812 g/mol. The van der Waals surface area contributed by atoms with Crippen LogP contribution in [0.4, 0.5) is 0 Å². The van der Waals surface area contributed by atoms with E-state index in [9.17, 15) is 19.5 Å². The van der Waals surface area contributed by atoms with Crippen molar-refractivity contribution < 1.29 is 38.2 Å². The second kappa shape index (κ2) is 40.5. The number of allylic oxidation sites excluding steroid dienone is 12. The maximum atomic E-state index is 12.7. The van der Waals surface area contributed by atoms with E-state index in [4.69, 9.17) is 14.2 Å². The number of aliphatic carboxylic acids is 1. The summed E-state index contributed by atoms with van der Waals surface area (Å²) in [5.41, 5.74) is 0. The van der Waals surface area contributed by atoms with Crippen molar-refractivity contribution in [2.75, 3.05) is 41.0 Å². The lowest BCUT2D eigenvalue weighted by Crippen LogP contribution is -2.55. The molecule has 0 N–H and O–H groups in total. The molecule has 0 heterocycles. The Hall–Kier alpha value is -3.23. The van der Waals surface area contributed by atoms with Crippen molar-refractivity contribution in [1.82, 2.24) is 0 Å². The van der Waals surface area contributed by atoms with Crippen LogP contribution in [-0.4, -0.2) is 75.5 Å². The van der Waals surface area contributed by atoms with E-state index in [1.54, 1.807) is 21.1 Å². The van der Waals surface area contributed by atoms with Crippen LogP contribution in [0, 0.1) is 0 Å². The summed E-state index contributed by atoms with van der Waals surface area (Å²) in [5.74, 6) is -1.77. The first-order valence-corrected chi connectivity index (χ1v) is 23.0. The minimum atomic E-state index is -1.13. The van der Waals surface area contributed by atoms with E-state index in [0.717, 1.165) is 96.3 Å². The molecular formula is C50H85NO7. The van der Waals surface area contributed by atoms with Crippen molar-refractivity contribution in [2.45, 2.75) is 187 Å². The number of quaternary nitrogens is 1. The van der Waals surface area contributed by atoms with Gasteiger partial charge in [-0.3, -0.25) is 9.59 Å². The number of carbonyl (C=O) groups is 3. The van der Waals surface area contributed by atoms with Gasteiger partial charge in [0.15, 0.2) is 6.10 Å². The first kappa shape index (κ1) is 54.8. The Morgan fingerprint density at radius 2 is 0.966 bits per heavy atom. The molecule has 2 atom stereocenters. The van der Waals surface area contributed by atoms with Crippen LogP contribution >= 0.6 is 0 Å². The molecule has 0 aromatic rings. The molecule has 8 heteroatoms. The number of carboxylic acid groups (broad SMARTS) is 1. The molecule has 0 aliphatic rings. The molecule has 0 rings (SSSR count). The van der Waals surface area contributed by atoms with Gasteiger partial charge in [-0.15, -0.1) is 0 Å². The highest BCUT2D eigenvalue weighted by molar-refractivity contribution is 5.70. The standard InChI is InChI=1S/C50H85NO7/c1-6-8-10-12-14-16-18-20-21-22-23-24-25-26-27-28-29-31-33-35-37-39-41-49(53)58-46(44-56-43-42-47(50(54)55)51(3,4)5)45-57-48(52)40-38-36-34-32-30-19-17-15-13-11-9-7-2/h8,10,14-17,20-21,23-24,26-27,46-47H,6-7,9,11-13,18-19,22,25,28-45H2,1-5H3/b10-8+,16-14+,17-15+,21-20+,24-23+,27-26+.